The first-order valence-electron chi connectivity index (χ1n) is 12.9. The average molecular weight is 628 g/mol. The summed E-state index contributed by atoms with van der Waals surface area (Å²) in [4.78, 5) is 40.1. The van der Waals surface area contributed by atoms with Crippen LogP contribution in [0.15, 0.2) is 53.4 Å². The molecule has 1 fully saturated rings. The minimum Gasteiger partial charge on any atom is -0.458 e. The van der Waals surface area contributed by atoms with E-state index in [0.29, 0.717) is 9.87 Å². The van der Waals surface area contributed by atoms with Gasteiger partial charge in [0.25, 0.3) is 15.9 Å². The van der Waals surface area contributed by atoms with Crippen molar-refractivity contribution in [3.8, 4) is 5.75 Å². The van der Waals surface area contributed by atoms with Crippen molar-refractivity contribution in [3.05, 3.63) is 59.9 Å². The molecule has 15 heteroatoms. The van der Waals surface area contributed by atoms with Crippen molar-refractivity contribution in [2.45, 2.75) is 49.8 Å². The molecular weight excluding hydrogens is 593 g/mol. The van der Waals surface area contributed by atoms with E-state index in [2.05, 4.69) is 5.32 Å². The Morgan fingerprint density at radius 2 is 1.64 bits per heavy atom. The molecule has 2 amide bonds. The highest BCUT2D eigenvalue weighted by Gasteiger charge is 2.45. The van der Waals surface area contributed by atoms with Crippen LogP contribution < -0.4 is 10.1 Å². The summed E-state index contributed by atoms with van der Waals surface area (Å²) in [6.45, 7) is 4.58. The van der Waals surface area contributed by atoms with Gasteiger partial charge in [-0.1, -0.05) is 12.1 Å². The first-order chi connectivity index (χ1) is 19.4. The molecule has 0 saturated carbocycles. The Labute approximate surface area is 244 Å². The summed E-state index contributed by atoms with van der Waals surface area (Å²) in [5, 5.41) is 2.73. The van der Waals surface area contributed by atoms with Crippen LogP contribution in [0.3, 0.4) is 0 Å². The first kappa shape index (κ1) is 32.9. The van der Waals surface area contributed by atoms with Crippen LogP contribution in [-0.4, -0.2) is 93.8 Å². The number of rotatable bonds is 8. The third kappa shape index (κ3) is 8.49. The summed E-state index contributed by atoms with van der Waals surface area (Å²) in [5.74, 6) is -3.74. The Balaban J connectivity index is 2.12. The lowest BCUT2D eigenvalue weighted by Crippen LogP contribution is -2.60. The molecule has 3 rings (SSSR count). The predicted molar refractivity (Wildman–Crippen MR) is 150 cm³/mol. The Bertz CT molecular complexity index is 1520. The fourth-order valence-electron chi connectivity index (χ4n) is 4.00. The number of nitrogens with one attached hydrogen (secondary N) is 1. The molecule has 1 N–H and O–H groups in total. The third-order valence-corrected chi connectivity index (χ3v) is 9.48. The Morgan fingerprint density at radius 3 is 2.17 bits per heavy atom. The quantitative estimate of drug-likeness (QED) is 0.428. The maximum atomic E-state index is 14.0. The molecule has 0 aromatic heterocycles. The molecule has 42 heavy (non-hydrogen) atoms. The Kier molecular flexibility index (Phi) is 10.0. The van der Waals surface area contributed by atoms with Gasteiger partial charge < -0.3 is 19.7 Å². The van der Waals surface area contributed by atoms with Crippen LogP contribution >= 0.6 is 0 Å². The molecule has 230 valence electrons. The molecule has 12 nitrogen and oxygen atoms in total. The van der Waals surface area contributed by atoms with E-state index in [4.69, 9.17) is 9.47 Å². The number of sulfone groups is 1. The molecule has 0 aliphatic carbocycles. The maximum absolute atomic E-state index is 14.0. The van der Waals surface area contributed by atoms with E-state index < -0.39 is 72.0 Å². The van der Waals surface area contributed by atoms with Gasteiger partial charge >= 0.3 is 12.1 Å². The molecular formula is C27H34FN3O9S2. The highest BCUT2D eigenvalue weighted by molar-refractivity contribution is 7.91. The minimum atomic E-state index is -4.85. The second kappa shape index (κ2) is 12.8. The minimum absolute atomic E-state index is 0.104. The number of sulfonamides is 1. The lowest BCUT2D eigenvalue weighted by molar-refractivity contribution is -0.162. The highest BCUT2D eigenvalue weighted by Crippen LogP contribution is 2.26. The fourth-order valence-corrected chi connectivity index (χ4v) is 6.93. The van der Waals surface area contributed by atoms with Gasteiger partial charge in [0.2, 0.25) is 0 Å². The van der Waals surface area contributed by atoms with Crippen molar-refractivity contribution in [1.29, 1.82) is 0 Å². The van der Waals surface area contributed by atoms with Crippen LogP contribution in [0, 0.1) is 5.82 Å². The number of benzene rings is 2. The van der Waals surface area contributed by atoms with Crippen molar-refractivity contribution in [2.75, 3.05) is 32.1 Å². The van der Waals surface area contributed by atoms with Crippen molar-refractivity contribution in [3.63, 3.8) is 0 Å². The van der Waals surface area contributed by atoms with Gasteiger partial charge in [-0.15, -0.1) is 0 Å². The molecule has 2 aromatic rings. The van der Waals surface area contributed by atoms with Crippen molar-refractivity contribution in [2.24, 2.45) is 0 Å². The van der Waals surface area contributed by atoms with E-state index in [1.54, 1.807) is 20.8 Å². The van der Waals surface area contributed by atoms with Gasteiger partial charge in [0.05, 0.1) is 16.4 Å². The zero-order valence-electron chi connectivity index (χ0n) is 23.9. The van der Waals surface area contributed by atoms with Gasteiger partial charge in [-0.2, -0.15) is 0 Å². The third-order valence-electron chi connectivity index (χ3n) is 5.99. The molecule has 1 aliphatic rings. The molecule has 0 spiro atoms. The van der Waals surface area contributed by atoms with Crippen LogP contribution in [0.25, 0.3) is 0 Å². The van der Waals surface area contributed by atoms with Gasteiger partial charge in [0, 0.05) is 27.1 Å². The number of esters is 1. The molecule has 1 unspecified atom stereocenters. The van der Waals surface area contributed by atoms with Gasteiger partial charge in [0.15, 0.2) is 9.84 Å². The van der Waals surface area contributed by atoms with Crippen LogP contribution in [0.1, 0.15) is 26.3 Å². The summed E-state index contributed by atoms with van der Waals surface area (Å²) >= 11 is 0. The predicted octanol–water partition coefficient (Wildman–Crippen LogP) is 1.74. The summed E-state index contributed by atoms with van der Waals surface area (Å²) in [7, 11) is -5.54. The van der Waals surface area contributed by atoms with Gasteiger partial charge in [-0.25, -0.2) is 35.1 Å². The number of nitrogens with zero attached hydrogens (tertiary/aromatic N) is 2. The van der Waals surface area contributed by atoms with E-state index in [0.717, 1.165) is 24.3 Å². The lowest BCUT2D eigenvalue weighted by atomic mass is 10.0. The molecule has 2 atom stereocenters. The number of halogens is 1. The number of amides is 2. The van der Waals surface area contributed by atoms with Gasteiger partial charge in [0.1, 0.15) is 29.3 Å². The summed E-state index contributed by atoms with van der Waals surface area (Å²) in [5.41, 5.74) is -0.716. The van der Waals surface area contributed by atoms with Crippen LogP contribution in [0.5, 0.6) is 5.75 Å². The van der Waals surface area contributed by atoms with E-state index in [1.807, 2.05) is 0 Å². The second-order valence-corrected chi connectivity index (χ2v) is 14.9. The zero-order chi connectivity index (χ0) is 31.5. The van der Waals surface area contributed by atoms with E-state index in [9.17, 15) is 35.6 Å². The zero-order valence-corrected chi connectivity index (χ0v) is 25.5. The van der Waals surface area contributed by atoms with E-state index in [-0.39, 0.29) is 24.5 Å². The first-order valence-corrected chi connectivity index (χ1v) is 16.1. The maximum Gasteiger partial charge on any atom is 0.414 e. The number of hydrogen-bond donors (Lipinski definition) is 1. The average Bonchev–Trinajstić information content (AvgIpc) is 2.87. The molecule has 1 saturated heterocycles. The molecule has 1 heterocycles. The number of carbonyl (C=O) groups excluding carboxylic acids is 3. The Hall–Kier alpha value is -3.56. The summed E-state index contributed by atoms with van der Waals surface area (Å²) in [6.07, 6.45) is -1.01. The van der Waals surface area contributed by atoms with Crippen molar-refractivity contribution in [1.82, 2.24) is 14.5 Å². The molecule has 2 aromatic carbocycles. The number of carbonyl (C=O) groups is 3. The van der Waals surface area contributed by atoms with Crippen LogP contribution in [0.2, 0.25) is 0 Å². The van der Waals surface area contributed by atoms with Crippen LogP contribution in [-0.2, 0) is 40.6 Å². The number of ether oxygens (including phenoxy) is 2. The summed E-state index contributed by atoms with van der Waals surface area (Å²) < 4.78 is 77.3. The smallest absolute Gasteiger partial charge is 0.414 e. The van der Waals surface area contributed by atoms with Crippen molar-refractivity contribution < 1.29 is 45.1 Å². The molecule has 0 bridgehead atoms. The standard InChI is InChI=1S/C27H34FN3O9S2/c1-27(2,3)40-25(33)23(16-18-6-10-20(11-7-18)39-26(34)30(4)5)31(24(32)22-17-41(35,36)15-14-29-22)42(37,38)21-12-8-19(28)9-13-21/h6-13,22-23,29H,14-17H2,1-5H3/t22?,23-/m0/s1. The largest absolute Gasteiger partial charge is 0.458 e. The normalized spacial score (nSPS) is 17.5. The fraction of sp³-hybridized carbons (Fsp3) is 0.444. The van der Waals surface area contributed by atoms with Crippen LogP contribution in [0.4, 0.5) is 9.18 Å². The molecule has 0 radical (unpaired) electrons. The van der Waals surface area contributed by atoms with Gasteiger partial charge in [-0.05, 0) is 62.7 Å². The van der Waals surface area contributed by atoms with Crippen molar-refractivity contribution >= 4 is 37.8 Å². The Morgan fingerprint density at radius 1 is 1.05 bits per heavy atom. The summed E-state index contributed by atoms with van der Waals surface area (Å²) in [6, 6.07) is 6.21. The lowest BCUT2D eigenvalue weighted by Gasteiger charge is -2.35. The number of hydrogen-bond acceptors (Lipinski definition) is 10. The van der Waals surface area contributed by atoms with Gasteiger partial charge in [-0.3, -0.25) is 4.79 Å². The van der Waals surface area contributed by atoms with E-state index >= 15 is 0 Å². The highest BCUT2D eigenvalue weighted by atomic mass is 32.2. The molecule has 1 aliphatic heterocycles. The SMILES string of the molecule is CN(C)C(=O)Oc1ccc(C[C@@H](C(=O)OC(C)(C)C)N(C(=O)C2CS(=O)(=O)CCN2)S(=O)(=O)c2ccc(F)cc2)cc1. The second-order valence-electron chi connectivity index (χ2n) is 10.9. The topological polar surface area (TPSA) is 156 Å². The monoisotopic (exact) mass is 627 g/mol. The van der Waals surface area contributed by atoms with E-state index in [1.165, 1.54) is 43.3 Å².